The molecule has 0 bridgehead atoms. The molecule has 0 radical (unpaired) electrons. The lowest BCUT2D eigenvalue weighted by molar-refractivity contribution is -0.147. The molecule has 2 aromatic carbocycles. The van der Waals surface area contributed by atoms with Crippen LogP contribution in [-0.2, 0) is 9.59 Å². The summed E-state index contributed by atoms with van der Waals surface area (Å²) in [5, 5.41) is 9.36. The molecular weight excluding hydrogens is 326 g/mol. The van der Waals surface area contributed by atoms with E-state index in [4.69, 9.17) is 0 Å². The summed E-state index contributed by atoms with van der Waals surface area (Å²) >= 11 is 0. The van der Waals surface area contributed by atoms with E-state index in [0.717, 1.165) is 11.1 Å². The number of carbonyl (C=O) groups is 2. The standard InChI is InChI=1S/C22H25NO3/c1-16-12-19(22(25)26)15-23(14-16)21(24)13-20(17-8-4-2-5-9-17)18-10-6-3-7-11-18/h2-11,16,19-20H,12-15H2,1H3,(H,25,26)/t16-,19+/m1/s1. The molecule has 1 heterocycles. The van der Waals surface area contributed by atoms with Gasteiger partial charge in [-0.25, -0.2) is 0 Å². The Hall–Kier alpha value is -2.62. The van der Waals surface area contributed by atoms with E-state index in [1.165, 1.54) is 0 Å². The Morgan fingerprint density at radius 1 is 1.00 bits per heavy atom. The molecule has 1 fully saturated rings. The normalized spacial score (nSPS) is 20.2. The van der Waals surface area contributed by atoms with Crippen LogP contribution in [0.25, 0.3) is 0 Å². The number of likely N-dealkylation sites (tertiary alicyclic amines) is 1. The molecule has 0 aliphatic carbocycles. The van der Waals surface area contributed by atoms with Gasteiger partial charge in [-0.1, -0.05) is 67.6 Å². The lowest BCUT2D eigenvalue weighted by Crippen LogP contribution is -2.45. The third-order valence-electron chi connectivity index (χ3n) is 5.14. The molecule has 2 aromatic rings. The molecular formula is C22H25NO3. The molecule has 136 valence electrons. The van der Waals surface area contributed by atoms with Gasteiger partial charge >= 0.3 is 5.97 Å². The van der Waals surface area contributed by atoms with Crippen LogP contribution in [0.15, 0.2) is 60.7 Å². The van der Waals surface area contributed by atoms with E-state index >= 15 is 0 Å². The number of piperidine rings is 1. The van der Waals surface area contributed by atoms with Crippen LogP contribution in [0.5, 0.6) is 0 Å². The first kappa shape index (κ1) is 18.2. The fourth-order valence-electron chi connectivity index (χ4n) is 3.84. The Morgan fingerprint density at radius 2 is 1.54 bits per heavy atom. The van der Waals surface area contributed by atoms with Crippen LogP contribution in [0.2, 0.25) is 0 Å². The fraction of sp³-hybridized carbons (Fsp3) is 0.364. The number of carbonyl (C=O) groups excluding carboxylic acids is 1. The van der Waals surface area contributed by atoms with Crippen molar-refractivity contribution in [2.24, 2.45) is 11.8 Å². The van der Waals surface area contributed by atoms with Gasteiger partial charge in [0.05, 0.1) is 5.92 Å². The first-order valence-corrected chi connectivity index (χ1v) is 9.15. The van der Waals surface area contributed by atoms with Gasteiger partial charge in [0.25, 0.3) is 0 Å². The first-order chi connectivity index (χ1) is 12.5. The molecule has 0 aromatic heterocycles. The van der Waals surface area contributed by atoms with Crippen molar-refractivity contribution in [1.82, 2.24) is 4.90 Å². The van der Waals surface area contributed by atoms with Crippen molar-refractivity contribution in [1.29, 1.82) is 0 Å². The summed E-state index contributed by atoms with van der Waals surface area (Å²) in [5.74, 6) is -1.06. The Bertz CT molecular complexity index is 705. The maximum atomic E-state index is 13.0. The molecule has 4 heteroatoms. The monoisotopic (exact) mass is 351 g/mol. The lowest BCUT2D eigenvalue weighted by Gasteiger charge is -2.35. The van der Waals surface area contributed by atoms with Gasteiger partial charge in [0.1, 0.15) is 0 Å². The van der Waals surface area contributed by atoms with E-state index in [-0.39, 0.29) is 17.7 Å². The third kappa shape index (κ3) is 4.31. The molecule has 0 spiro atoms. The summed E-state index contributed by atoms with van der Waals surface area (Å²) in [6.07, 6.45) is 0.993. The maximum Gasteiger partial charge on any atom is 0.308 e. The van der Waals surface area contributed by atoms with Gasteiger partial charge in [-0.05, 0) is 23.5 Å². The second-order valence-corrected chi connectivity index (χ2v) is 7.25. The van der Waals surface area contributed by atoms with E-state index in [9.17, 15) is 14.7 Å². The molecule has 4 nitrogen and oxygen atoms in total. The van der Waals surface area contributed by atoms with Crippen LogP contribution < -0.4 is 0 Å². The largest absolute Gasteiger partial charge is 0.481 e. The zero-order chi connectivity index (χ0) is 18.5. The van der Waals surface area contributed by atoms with Crippen LogP contribution in [-0.4, -0.2) is 35.0 Å². The van der Waals surface area contributed by atoms with Crippen molar-refractivity contribution in [2.45, 2.75) is 25.7 Å². The molecule has 0 saturated carbocycles. The molecule has 1 aliphatic heterocycles. The van der Waals surface area contributed by atoms with Gasteiger partial charge in [-0.2, -0.15) is 0 Å². The van der Waals surface area contributed by atoms with Gasteiger partial charge in [0.2, 0.25) is 5.91 Å². The van der Waals surface area contributed by atoms with Crippen LogP contribution >= 0.6 is 0 Å². The van der Waals surface area contributed by atoms with Crippen molar-refractivity contribution in [2.75, 3.05) is 13.1 Å². The number of amides is 1. The summed E-state index contributed by atoms with van der Waals surface area (Å²) < 4.78 is 0. The SMILES string of the molecule is C[C@@H]1C[C@H](C(=O)O)CN(C(=O)CC(c2ccccc2)c2ccccc2)C1. The Morgan fingerprint density at radius 3 is 2.04 bits per heavy atom. The summed E-state index contributed by atoms with van der Waals surface area (Å²) in [5.41, 5.74) is 2.21. The van der Waals surface area contributed by atoms with Gasteiger partial charge in [0.15, 0.2) is 0 Å². The molecule has 2 atom stereocenters. The van der Waals surface area contributed by atoms with Gasteiger partial charge < -0.3 is 10.0 Å². The third-order valence-corrected chi connectivity index (χ3v) is 5.14. The van der Waals surface area contributed by atoms with Crippen molar-refractivity contribution in [3.63, 3.8) is 0 Å². The molecule has 1 N–H and O–H groups in total. The van der Waals surface area contributed by atoms with Crippen LogP contribution in [0.1, 0.15) is 36.8 Å². The van der Waals surface area contributed by atoms with Crippen LogP contribution in [0.4, 0.5) is 0 Å². The van der Waals surface area contributed by atoms with E-state index < -0.39 is 11.9 Å². The maximum absolute atomic E-state index is 13.0. The number of nitrogens with zero attached hydrogens (tertiary/aromatic N) is 1. The molecule has 0 unspecified atom stereocenters. The minimum atomic E-state index is -0.808. The molecule has 3 rings (SSSR count). The quantitative estimate of drug-likeness (QED) is 0.892. The minimum Gasteiger partial charge on any atom is -0.481 e. The lowest BCUT2D eigenvalue weighted by atomic mass is 9.86. The minimum absolute atomic E-state index is 0.0228. The van der Waals surface area contributed by atoms with Crippen LogP contribution in [0, 0.1) is 11.8 Å². The Labute approximate surface area is 154 Å². The van der Waals surface area contributed by atoms with E-state index in [0.29, 0.717) is 25.9 Å². The van der Waals surface area contributed by atoms with Crippen molar-refractivity contribution in [3.8, 4) is 0 Å². The predicted octanol–water partition coefficient (Wildman–Crippen LogP) is 3.78. The second-order valence-electron chi connectivity index (χ2n) is 7.25. The second kappa shape index (κ2) is 8.17. The van der Waals surface area contributed by atoms with Crippen molar-refractivity contribution in [3.05, 3.63) is 71.8 Å². The van der Waals surface area contributed by atoms with Crippen LogP contribution in [0.3, 0.4) is 0 Å². The van der Waals surface area contributed by atoms with Gasteiger partial charge in [-0.3, -0.25) is 9.59 Å². The molecule has 26 heavy (non-hydrogen) atoms. The number of carboxylic acid groups (broad SMARTS) is 1. The summed E-state index contributed by atoms with van der Waals surface area (Å²) in [6, 6.07) is 20.1. The highest BCUT2D eigenvalue weighted by molar-refractivity contribution is 5.79. The van der Waals surface area contributed by atoms with Crippen molar-refractivity contribution >= 4 is 11.9 Å². The Kier molecular flexibility index (Phi) is 5.71. The fourth-order valence-corrected chi connectivity index (χ4v) is 3.84. The number of benzene rings is 2. The van der Waals surface area contributed by atoms with E-state index in [2.05, 4.69) is 0 Å². The number of aliphatic carboxylic acids is 1. The zero-order valence-electron chi connectivity index (χ0n) is 15.0. The average Bonchev–Trinajstić information content (AvgIpc) is 2.66. The molecule has 1 amide bonds. The zero-order valence-corrected chi connectivity index (χ0v) is 15.0. The number of hydrogen-bond acceptors (Lipinski definition) is 2. The smallest absolute Gasteiger partial charge is 0.308 e. The first-order valence-electron chi connectivity index (χ1n) is 9.15. The van der Waals surface area contributed by atoms with Gasteiger partial charge in [-0.15, -0.1) is 0 Å². The van der Waals surface area contributed by atoms with Crippen molar-refractivity contribution < 1.29 is 14.7 Å². The highest BCUT2D eigenvalue weighted by atomic mass is 16.4. The topological polar surface area (TPSA) is 57.6 Å². The average molecular weight is 351 g/mol. The number of rotatable bonds is 5. The number of hydrogen-bond donors (Lipinski definition) is 1. The summed E-state index contributed by atoms with van der Waals surface area (Å²) in [6.45, 7) is 2.97. The molecule has 1 saturated heterocycles. The summed E-state index contributed by atoms with van der Waals surface area (Å²) in [4.78, 5) is 26.1. The van der Waals surface area contributed by atoms with E-state index in [1.54, 1.807) is 4.90 Å². The summed E-state index contributed by atoms with van der Waals surface area (Å²) in [7, 11) is 0. The molecule has 1 aliphatic rings. The highest BCUT2D eigenvalue weighted by Crippen LogP contribution is 2.30. The van der Waals surface area contributed by atoms with Gasteiger partial charge in [0, 0.05) is 25.4 Å². The van der Waals surface area contributed by atoms with E-state index in [1.807, 2.05) is 67.6 Å². The number of carboxylic acids is 1. The predicted molar refractivity (Wildman–Crippen MR) is 101 cm³/mol. The highest BCUT2D eigenvalue weighted by Gasteiger charge is 2.32. The Balaban J connectivity index is 1.80.